The first-order valence-electron chi connectivity index (χ1n) is 11.3. The third-order valence-electron chi connectivity index (χ3n) is 6.72. The lowest BCUT2D eigenvalue weighted by Crippen LogP contribution is -2.49. The van der Waals surface area contributed by atoms with Crippen LogP contribution in [-0.2, 0) is 15.0 Å². The van der Waals surface area contributed by atoms with Crippen LogP contribution >= 0.6 is 0 Å². The number of nitrogens with one attached hydrogen (secondary N) is 1. The second kappa shape index (κ2) is 8.23. The van der Waals surface area contributed by atoms with Gasteiger partial charge in [-0.3, -0.25) is 34.4 Å². The number of nitro benzene ring substituents is 1. The van der Waals surface area contributed by atoms with E-state index in [1.807, 2.05) is 18.2 Å². The number of imide groups is 1. The summed E-state index contributed by atoms with van der Waals surface area (Å²) in [5.41, 5.74) is 2.37. The molecule has 2 heterocycles. The second-order valence-corrected chi connectivity index (χ2v) is 9.34. The largest absolute Gasteiger partial charge is 0.325 e. The molecule has 9 heteroatoms. The van der Waals surface area contributed by atoms with Gasteiger partial charge in [-0.1, -0.05) is 36.4 Å². The molecule has 3 aromatic rings. The van der Waals surface area contributed by atoms with Crippen molar-refractivity contribution >= 4 is 40.5 Å². The Morgan fingerprint density at radius 3 is 2.44 bits per heavy atom. The number of nitrogens with zero attached hydrogens (tertiary/aromatic N) is 3. The van der Waals surface area contributed by atoms with Crippen molar-refractivity contribution in [3.63, 3.8) is 0 Å². The molecule has 3 amide bonds. The van der Waals surface area contributed by atoms with E-state index >= 15 is 0 Å². The fourth-order valence-electron chi connectivity index (χ4n) is 4.81. The number of likely N-dealkylation sites (N-methyl/N-ethyl adjacent to an activating group) is 1. The molecule has 0 bridgehead atoms. The van der Waals surface area contributed by atoms with Crippen LogP contribution in [0.15, 0.2) is 71.7 Å². The molecule has 1 N–H and O–H groups in total. The van der Waals surface area contributed by atoms with Gasteiger partial charge in [-0.05, 0) is 43.2 Å². The van der Waals surface area contributed by atoms with E-state index in [9.17, 15) is 24.5 Å². The number of carbonyl (C=O) groups excluding carboxylic acids is 3. The van der Waals surface area contributed by atoms with Gasteiger partial charge in [-0.2, -0.15) is 0 Å². The highest BCUT2D eigenvalue weighted by atomic mass is 16.6. The smallest absolute Gasteiger partial charge is 0.269 e. The summed E-state index contributed by atoms with van der Waals surface area (Å²) in [7, 11) is 1.45. The van der Waals surface area contributed by atoms with Gasteiger partial charge in [0.2, 0.25) is 11.8 Å². The maximum Gasteiger partial charge on any atom is 0.269 e. The Balaban J connectivity index is 1.69. The molecule has 2 aliphatic heterocycles. The van der Waals surface area contributed by atoms with E-state index in [1.165, 1.54) is 25.2 Å². The lowest BCUT2D eigenvalue weighted by molar-refractivity contribution is -0.384. The molecule has 0 saturated carbocycles. The number of nitro groups is 1. The quantitative estimate of drug-likeness (QED) is 0.257. The fourth-order valence-corrected chi connectivity index (χ4v) is 4.81. The number of non-ortho nitro benzene ring substituents is 1. The van der Waals surface area contributed by atoms with E-state index in [1.54, 1.807) is 44.2 Å². The minimum atomic E-state index is -0.894. The van der Waals surface area contributed by atoms with Crippen LogP contribution in [-0.4, -0.2) is 40.3 Å². The minimum Gasteiger partial charge on any atom is -0.325 e. The Hall–Kier alpha value is -4.66. The number of fused-ring (bicyclic) bond motifs is 2. The molecule has 36 heavy (non-hydrogen) atoms. The Kier molecular flexibility index (Phi) is 5.28. The summed E-state index contributed by atoms with van der Waals surface area (Å²) >= 11 is 0. The topological polar surface area (TPSA) is 122 Å². The molecule has 5 rings (SSSR count). The molecule has 0 spiro atoms. The summed E-state index contributed by atoms with van der Waals surface area (Å²) in [4.78, 5) is 55.5. The molecular formula is C27H22N4O5. The molecular weight excluding hydrogens is 460 g/mol. The molecule has 0 radical (unpaired) electrons. The summed E-state index contributed by atoms with van der Waals surface area (Å²) < 4.78 is 0. The molecule has 0 aromatic heterocycles. The van der Waals surface area contributed by atoms with Gasteiger partial charge < -0.3 is 5.32 Å². The van der Waals surface area contributed by atoms with Gasteiger partial charge in [0, 0.05) is 36.0 Å². The average molecular weight is 482 g/mol. The van der Waals surface area contributed by atoms with Crippen molar-refractivity contribution in [3.8, 4) is 0 Å². The lowest BCUT2D eigenvalue weighted by Gasteiger charge is -2.35. The first kappa shape index (κ1) is 23.1. The van der Waals surface area contributed by atoms with Crippen LogP contribution in [0, 0.1) is 10.1 Å². The van der Waals surface area contributed by atoms with Crippen molar-refractivity contribution in [1.29, 1.82) is 0 Å². The van der Waals surface area contributed by atoms with E-state index < -0.39 is 22.2 Å². The zero-order valence-corrected chi connectivity index (χ0v) is 19.8. The number of carbonyl (C=O) groups is 3. The van der Waals surface area contributed by atoms with Crippen LogP contribution in [0.3, 0.4) is 0 Å². The highest BCUT2D eigenvalue weighted by Crippen LogP contribution is 2.40. The molecule has 9 nitrogen and oxygen atoms in total. The number of hydrogen-bond donors (Lipinski definition) is 1. The monoisotopic (exact) mass is 482 g/mol. The zero-order valence-electron chi connectivity index (χ0n) is 19.8. The first-order chi connectivity index (χ1) is 17.1. The molecule has 0 fully saturated rings. The SMILES string of the molecule is CN1C(=O)c2cc(N=C(c3ccccc3)C3C(=O)Nc4ccc([N+](=O)[O-])cc43)ccc2C(C)(C)C1=O. The Morgan fingerprint density at radius 2 is 1.75 bits per heavy atom. The fraction of sp³-hybridized carbons (Fsp3) is 0.185. The number of aliphatic imine (C=N–C) groups is 1. The van der Waals surface area contributed by atoms with Crippen molar-refractivity contribution < 1.29 is 19.3 Å². The molecule has 0 saturated heterocycles. The van der Waals surface area contributed by atoms with Gasteiger partial charge in [0.25, 0.3) is 11.6 Å². The molecule has 180 valence electrons. The van der Waals surface area contributed by atoms with Gasteiger partial charge in [-0.25, -0.2) is 0 Å². The maximum atomic E-state index is 13.1. The van der Waals surface area contributed by atoms with E-state index in [-0.39, 0.29) is 17.5 Å². The van der Waals surface area contributed by atoms with Crippen molar-refractivity contribution in [2.45, 2.75) is 25.2 Å². The third-order valence-corrected chi connectivity index (χ3v) is 6.72. The van der Waals surface area contributed by atoms with Gasteiger partial charge in [0.15, 0.2) is 0 Å². The standard InChI is InChI=1S/C27H22N4O5/c1-27(2)20-11-9-16(13-18(20)25(33)30(3)26(27)34)28-23(15-7-5-4-6-8-15)22-19-14-17(31(35)36)10-12-21(19)29-24(22)32/h4-14,22H,1-3H3,(H,29,32). The average Bonchev–Trinajstić information content (AvgIpc) is 3.20. The van der Waals surface area contributed by atoms with Crippen LogP contribution < -0.4 is 5.32 Å². The lowest BCUT2D eigenvalue weighted by atomic mass is 9.77. The summed E-state index contributed by atoms with van der Waals surface area (Å²) in [5, 5.41) is 14.2. The Bertz CT molecular complexity index is 1490. The number of hydrogen-bond acceptors (Lipinski definition) is 6. The first-order valence-corrected chi connectivity index (χ1v) is 11.3. The van der Waals surface area contributed by atoms with Crippen molar-refractivity contribution in [3.05, 3.63) is 99.1 Å². The van der Waals surface area contributed by atoms with Crippen molar-refractivity contribution in [1.82, 2.24) is 4.90 Å². The van der Waals surface area contributed by atoms with Gasteiger partial charge in [0.05, 0.1) is 21.7 Å². The van der Waals surface area contributed by atoms with E-state index in [0.29, 0.717) is 39.3 Å². The molecule has 1 atom stereocenters. The zero-order chi connectivity index (χ0) is 25.8. The van der Waals surface area contributed by atoms with Gasteiger partial charge in [-0.15, -0.1) is 0 Å². The van der Waals surface area contributed by atoms with E-state index in [2.05, 4.69) is 5.32 Å². The highest BCUT2D eigenvalue weighted by Gasteiger charge is 2.43. The molecule has 2 aliphatic rings. The van der Waals surface area contributed by atoms with E-state index in [0.717, 1.165) is 4.90 Å². The van der Waals surface area contributed by atoms with Crippen LogP contribution in [0.1, 0.15) is 46.8 Å². The van der Waals surface area contributed by atoms with Crippen LogP contribution in [0.5, 0.6) is 0 Å². The number of rotatable bonds is 4. The second-order valence-electron chi connectivity index (χ2n) is 9.34. The number of benzene rings is 3. The Labute approximate surface area is 206 Å². The highest BCUT2D eigenvalue weighted by molar-refractivity contribution is 6.24. The number of anilines is 1. The van der Waals surface area contributed by atoms with Crippen LogP contribution in [0.25, 0.3) is 0 Å². The third kappa shape index (κ3) is 3.56. The molecule has 1 unspecified atom stereocenters. The predicted octanol–water partition coefficient (Wildman–Crippen LogP) is 4.34. The van der Waals surface area contributed by atoms with Crippen molar-refractivity contribution in [2.24, 2.45) is 4.99 Å². The Morgan fingerprint density at radius 1 is 1.03 bits per heavy atom. The maximum absolute atomic E-state index is 13.1. The van der Waals surface area contributed by atoms with Crippen LogP contribution in [0.4, 0.5) is 17.1 Å². The number of amides is 3. The minimum absolute atomic E-state index is 0.128. The summed E-state index contributed by atoms with van der Waals surface area (Å²) in [6.45, 7) is 3.53. The van der Waals surface area contributed by atoms with Gasteiger partial charge in [0.1, 0.15) is 5.92 Å². The van der Waals surface area contributed by atoms with Crippen LogP contribution in [0.2, 0.25) is 0 Å². The predicted molar refractivity (Wildman–Crippen MR) is 134 cm³/mol. The summed E-state index contributed by atoms with van der Waals surface area (Å²) in [6.07, 6.45) is 0. The van der Waals surface area contributed by atoms with E-state index in [4.69, 9.17) is 4.99 Å². The molecule has 3 aromatic carbocycles. The molecule has 0 aliphatic carbocycles. The summed E-state index contributed by atoms with van der Waals surface area (Å²) in [6, 6.07) is 18.3. The van der Waals surface area contributed by atoms with Crippen molar-refractivity contribution in [2.75, 3.05) is 12.4 Å². The van der Waals surface area contributed by atoms with Gasteiger partial charge >= 0.3 is 0 Å². The summed E-state index contributed by atoms with van der Waals surface area (Å²) in [5.74, 6) is -1.96. The normalized spacial score (nSPS) is 18.5.